The first-order valence-corrected chi connectivity index (χ1v) is 7.45. The van der Waals surface area contributed by atoms with Crippen LogP contribution in [0.25, 0.3) is 4.96 Å². The molecule has 1 unspecified atom stereocenters. The van der Waals surface area contributed by atoms with Crippen molar-refractivity contribution in [1.29, 1.82) is 0 Å². The lowest BCUT2D eigenvalue weighted by atomic mass is 10.1. The van der Waals surface area contributed by atoms with Gasteiger partial charge in [0.1, 0.15) is 0 Å². The van der Waals surface area contributed by atoms with Gasteiger partial charge in [0.25, 0.3) is 0 Å². The maximum Gasteiger partial charge on any atom is 0.194 e. The van der Waals surface area contributed by atoms with Crippen LogP contribution in [-0.2, 0) is 6.54 Å². The highest BCUT2D eigenvalue weighted by molar-refractivity contribution is 7.15. The van der Waals surface area contributed by atoms with E-state index in [4.69, 9.17) is 0 Å². The number of aromatic nitrogens is 2. The molecule has 98 valence electrons. The highest BCUT2D eigenvalue weighted by Crippen LogP contribution is 2.17. The van der Waals surface area contributed by atoms with E-state index in [9.17, 15) is 0 Å². The van der Waals surface area contributed by atoms with Crippen molar-refractivity contribution in [3.8, 4) is 0 Å². The van der Waals surface area contributed by atoms with Crippen molar-refractivity contribution in [3.05, 3.63) is 23.0 Å². The van der Waals surface area contributed by atoms with Gasteiger partial charge in [0.15, 0.2) is 4.96 Å². The van der Waals surface area contributed by atoms with E-state index in [0.717, 1.165) is 23.7 Å². The van der Waals surface area contributed by atoms with Gasteiger partial charge in [-0.05, 0) is 33.4 Å². The van der Waals surface area contributed by atoms with Crippen molar-refractivity contribution >= 4 is 16.3 Å². The summed E-state index contributed by atoms with van der Waals surface area (Å²) in [5, 5.41) is 5.78. The van der Waals surface area contributed by atoms with Gasteiger partial charge in [-0.2, -0.15) is 0 Å². The van der Waals surface area contributed by atoms with Gasteiger partial charge in [-0.1, -0.05) is 0 Å². The van der Waals surface area contributed by atoms with Gasteiger partial charge in [0.2, 0.25) is 0 Å². The molecule has 2 aromatic rings. The average Bonchev–Trinajstić information content (AvgIpc) is 2.87. The van der Waals surface area contributed by atoms with Gasteiger partial charge in [0.05, 0.1) is 11.4 Å². The largest absolute Gasteiger partial charge is 0.307 e. The third kappa shape index (κ3) is 2.30. The van der Waals surface area contributed by atoms with Crippen LogP contribution in [0.1, 0.15) is 24.2 Å². The summed E-state index contributed by atoms with van der Waals surface area (Å²) in [6.45, 7) is 5.41. The molecule has 18 heavy (non-hydrogen) atoms. The first kappa shape index (κ1) is 12.1. The number of piperidine rings is 1. The van der Waals surface area contributed by atoms with Crippen LogP contribution in [0.3, 0.4) is 0 Å². The molecule has 0 aliphatic carbocycles. The van der Waals surface area contributed by atoms with Crippen molar-refractivity contribution in [2.24, 2.45) is 0 Å². The van der Waals surface area contributed by atoms with Gasteiger partial charge < -0.3 is 10.2 Å². The van der Waals surface area contributed by atoms with Gasteiger partial charge in [-0.15, -0.1) is 11.3 Å². The summed E-state index contributed by atoms with van der Waals surface area (Å²) in [7, 11) is 2.20. The predicted octanol–water partition coefficient (Wildman–Crippen LogP) is 1.89. The van der Waals surface area contributed by atoms with Gasteiger partial charge in [-0.25, -0.2) is 4.98 Å². The van der Waals surface area contributed by atoms with E-state index < -0.39 is 0 Å². The predicted molar refractivity (Wildman–Crippen MR) is 75.2 cm³/mol. The zero-order chi connectivity index (χ0) is 12.5. The normalized spacial score (nSPS) is 21.8. The van der Waals surface area contributed by atoms with E-state index in [2.05, 4.69) is 45.1 Å². The summed E-state index contributed by atoms with van der Waals surface area (Å²) in [5.74, 6) is 0. The second-order valence-electron chi connectivity index (χ2n) is 5.18. The summed E-state index contributed by atoms with van der Waals surface area (Å²) in [4.78, 5) is 8.09. The number of fused-ring (bicyclic) bond motifs is 1. The van der Waals surface area contributed by atoms with Crippen LogP contribution < -0.4 is 5.32 Å². The van der Waals surface area contributed by atoms with Crippen LogP contribution in [-0.4, -0.2) is 40.5 Å². The molecule has 0 spiro atoms. The molecule has 1 atom stereocenters. The Bertz CT molecular complexity index is 530. The number of aryl methyl sites for hydroxylation is 1. The minimum atomic E-state index is 0.618. The molecular weight excluding hydrogens is 244 g/mol. The zero-order valence-corrected chi connectivity index (χ0v) is 11.8. The average molecular weight is 264 g/mol. The fourth-order valence-corrected chi connectivity index (χ4v) is 3.51. The summed E-state index contributed by atoms with van der Waals surface area (Å²) in [6, 6.07) is 0.618. The molecule has 0 amide bonds. The number of imidazole rings is 1. The van der Waals surface area contributed by atoms with E-state index in [-0.39, 0.29) is 0 Å². The van der Waals surface area contributed by atoms with Gasteiger partial charge in [-0.3, -0.25) is 4.40 Å². The Morgan fingerprint density at radius 2 is 2.44 bits per heavy atom. The molecule has 1 aliphatic heterocycles. The molecule has 5 heteroatoms. The minimum Gasteiger partial charge on any atom is -0.307 e. The SMILES string of the molecule is Cc1nc2sccn2c1CNC1CCCN(C)C1. The van der Waals surface area contributed by atoms with E-state index in [0.29, 0.717) is 6.04 Å². The van der Waals surface area contributed by atoms with E-state index in [1.807, 2.05) is 0 Å². The second kappa shape index (κ2) is 4.99. The Morgan fingerprint density at radius 3 is 3.28 bits per heavy atom. The summed E-state index contributed by atoms with van der Waals surface area (Å²) < 4.78 is 2.21. The van der Waals surface area contributed by atoms with E-state index in [1.54, 1.807) is 11.3 Å². The standard InChI is InChI=1S/C13H20N4S/c1-10-12(17-6-7-18-13(17)15-10)8-14-11-4-3-5-16(2)9-11/h6-7,11,14H,3-5,8-9H2,1-2H3. The minimum absolute atomic E-state index is 0.618. The van der Waals surface area contributed by atoms with Crippen molar-refractivity contribution in [2.75, 3.05) is 20.1 Å². The third-order valence-electron chi connectivity index (χ3n) is 3.74. The molecule has 0 saturated carbocycles. The molecule has 1 fully saturated rings. The Hall–Kier alpha value is -0.910. The van der Waals surface area contributed by atoms with Crippen molar-refractivity contribution in [1.82, 2.24) is 19.6 Å². The molecule has 1 aliphatic rings. The van der Waals surface area contributed by atoms with Crippen LogP contribution in [0.15, 0.2) is 11.6 Å². The molecule has 0 radical (unpaired) electrons. The summed E-state index contributed by atoms with van der Waals surface area (Å²) >= 11 is 1.70. The lowest BCUT2D eigenvalue weighted by Gasteiger charge is -2.30. The number of nitrogens with zero attached hydrogens (tertiary/aromatic N) is 3. The third-order valence-corrected chi connectivity index (χ3v) is 4.50. The summed E-state index contributed by atoms with van der Waals surface area (Å²) in [5.41, 5.74) is 2.46. The van der Waals surface area contributed by atoms with E-state index in [1.165, 1.54) is 25.1 Å². The maximum absolute atomic E-state index is 4.58. The molecule has 3 rings (SSSR count). The fourth-order valence-electron chi connectivity index (χ4n) is 2.73. The van der Waals surface area contributed by atoms with Crippen molar-refractivity contribution in [2.45, 2.75) is 32.4 Å². The lowest BCUT2D eigenvalue weighted by molar-refractivity contribution is 0.226. The Morgan fingerprint density at radius 1 is 1.56 bits per heavy atom. The van der Waals surface area contributed by atoms with E-state index >= 15 is 0 Å². The highest BCUT2D eigenvalue weighted by atomic mass is 32.1. The number of hydrogen-bond donors (Lipinski definition) is 1. The first-order valence-electron chi connectivity index (χ1n) is 6.57. The molecular formula is C13H20N4S. The molecule has 1 saturated heterocycles. The number of rotatable bonds is 3. The number of likely N-dealkylation sites (N-methyl/N-ethyl adjacent to an activating group) is 1. The van der Waals surface area contributed by atoms with Crippen LogP contribution in [0.2, 0.25) is 0 Å². The number of hydrogen-bond acceptors (Lipinski definition) is 4. The van der Waals surface area contributed by atoms with Crippen LogP contribution in [0.4, 0.5) is 0 Å². The van der Waals surface area contributed by atoms with Gasteiger partial charge >= 0.3 is 0 Å². The highest BCUT2D eigenvalue weighted by Gasteiger charge is 2.17. The Kier molecular flexibility index (Phi) is 3.37. The first-order chi connectivity index (χ1) is 8.74. The molecule has 0 bridgehead atoms. The zero-order valence-electron chi connectivity index (χ0n) is 11.0. The van der Waals surface area contributed by atoms with Gasteiger partial charge in [0, 0.05) is 30.7 Å². The molecule has 2 aromatic heterocycles. The lowest BCUT2D eigenvalue weighted by Crippen LogP contribution is -2.43. The van der Waals surface area contributed by atoms with Crippen LogP contribution in [0, 0.1) is 6.92 Å². The summed E-state index contributed by atoms with van der Waals surface area (Å²) in [6.07, 6.45) is 4.70. The smallest absolute Gasteiger partial charge is 0.194 e. The Balaban J connectivity index is 1.69. The van der Waals surface area contributed by atoms with Crippen LogP contribution in [0.5, 0.6) is 0 Å². The maximum atomic E-state index is 4.58. The fraction of sp³-hybridized carbons (Fsp3) is 0.615. The molecule has 3 heterocycles. The monoisotopic (exact) mass is 264 g/mol. The van der Waals surface area contributed by atoms with Crippen molar-refractivity contribution in [3.63, 3.8) is 0 Å². The topological polar surface area (TPSA) is 32.6 Å². The number of nitrogens with one attached hydrogen (secondary N) is 1. The Labute approximate surface area is 112 Å². The molecule has 0 aromatic carbocycles. The number of likely N-dealkylation sites (tertiary alicyclic amines) is 1. The molecule has 4 nitrogen and oxygen atoms in total. The van der Waals surface area contributed by atoms with Crippen LogP contribution >= 0.6 is 11.3 Å². The van der Waals surface area contributed by atoms with Crippen molar-refractivity contribution < 1.29 is 0 Å². The quantitative estimate of drug-likeness (QED) is 0.919. The molecule has 1 N–H and O–H groups in total. The second-order valence-corrected chi connectivity index (χ2v) is 6.05. The number of thiazole rings is 1.